The highest BCUT2D eigenvalue weighted by Crippen LogP contribution is 2.46. The Balaban J connectivity index is 1.45. The third-order valence-corrected chi connectivity index (χ3v) is 7.96. The molecule has 0 spiro atoms. The van der Waals surface area contributed by atoms with Gasteiger partial charge in [-0.25, -0.2) is 4.90 Å². The number of nitrogens with one attached hydrogen (secondary N) is 1. The second-order valence-corrected chi connectivity index (χ2v) is 10.1. The Kier molecular flexibility index (Phi) is 7.32. The molecule has 0 aromatic heterocycles. The smallest absolute Gasteiger partial charge is 0.327 e. The predicted octanol–water partition coefficient (Wildman–Crippen LogP) is 3.56. The van der Waals surface area contributed by atoms with Crippen LogP contribution in [0.15, 0.2) is 60.7 Å². The number of piperidine rings is 1. The molecular formula is C29H37N3O3. The topological polar surface area (TPSA) is 61.9 Å². The quantitative estimate of drug-likeness (QED) is 0.465. The van der Waals surface area contributed by atoms with Crippen molar-refractivity contribution in [3.63, 3.8) is 0 Å². The number of piperazine rings is 1. The fourth-order valence-electron chi connectivity index (χ4n) is 6.12. The molecule has 1 N–H and O–H groups in total. The Morgan fingerprint density at radius 1 is 0.971 bits per heavy atom. The lowest BCUT2D eigenvalue weighted by atomic mass is 9.84. The van der Waals surface area contributed by atoms with Crippen LogP contribution in [-0.4, -0.2) is 66.4 Å². The Hall–Kier alpha value is -2.54. The van der Waals surface area contributed by atoms with Gasteiger partial charge in [0.2, 0.25) is 5.72 Å². The number of hydrogen-bond acceptors (Lipinski definition) is 6. The van der Waals surface area contributed by atoms with Crippen LogP contribution >= 0.6 is 0 Å². The van der Waals surface area contributed by atoms with Crippen LogP contribution in [0.3, 0.4) is 0 Å². The van der Waals surface area contributed by atoms with E-state index in [2.05, 4.69) is 22.0 Å². The highest BCUT2D eigenvalue weighted by molar-refractivity contribution is 5.89. The van der Waals surface area contributed by atoms with Gasteiger partial charge in [-0.1, -0.05) is 80.4 Å². The van der Waals surface area contributed by atoms with E-state index in [9.17, 15) is 9.59 Å². The number of hydrogen-bond donors (Lipinski definition) is 1. The lowest BCUT2D eigenvalue weighted by Gasteiger charge is -2.46. The monoisotopic (exact) mass is 475 g/mol. The molecule has 0 bridgehead atoms. The van der Waals surface area contributed by atoms with Crippen LogP contribution in [0.25, 0.3) is 0 Å². The number of ketones is 1. The highest BCUT2D eigenvalue weighted by atomic mass is 16.6. The van der Waals surface area contributed by atoms with Gasteiger partial charge in [0.1, 0.15) is 6.04 Å². The van der Waals surface area contributed by atoms with Gasteiger partial charge in [0.25, 0.3) is 0 Å². The largest absolute Gasteiger partial charge is 0.434 e. The minimum Gasteiger partial charge on any atom is -0.434 e. The summed E-state index contributed by atoms with van der Waals surface area (Å²) in [6.07, 6.45) is 5.49. The zero-order valence-corrected chi connectivity index (χ0v) is 20.7. The maximum Gasteiger partial charge on any atom is 0.327 e. The number of nitrogens with zero attached hydrogens (tertiary/aromatic N) is 2. The summed E-state index contributed by atoms with van der Waals surface area (Å²) in [6.45, 7) is 6.32. The maximum atomic E-state index is 14.1. The Labute approximate surface area is 208 Å². The molecule has 6 nitrogen and oxygen atoms in total. The summed E-state index contributed by atoms with van der Waals surface area (Å²) in [5.41, 5.74) is 0.660. The number of carbonyl (C=O) groups excluding carboxylic acids is 2. The molecule has 0 radical (unpaired) electrons. The summed E-state index contributed by atoms with van der Waals surface area (Å²) in [4.78, 5) is 31.9. The Morgan fingerprint density at radius 3 is 2.20 bits per heavy atom. The van der Waals surface area contributed by atoms with Crippen molar-refractivity contribution in [2.45, 2.75) is 56.8 Å². The third kappa shape index (κ3) is 4.55. The second-order valence-electron chi connectivity index (χ2n) is 10.1. The molecule has 3 heterocycles. The molecule has 0 saturated carbocycles. The predicted molar refractivity (Wildman–Crippen MR) is 136 cm³/mol. The van der Waals surface area contributed by atoms with Crippen LogP contribution in [0.1, 0.15) is 50.2 Å². The molecule has 3 saturated heterocycles. The molecule has 0 aliphatic carbocycles. The second kappa shape index (κ2) is 10.6. The number of ether oxygens (including phenoxy) is 1. The lowest BCUT2D eigenvalue weighted by Crippen LogP contribution is -2.65. The van der Waals surface area contributed by atoms with Crippen LogP contribution in [0.4, 0.5) is 0 Å². The van der Waals surface area contributed by atoms with Crippen molar-refractivity contribution in [3.8, 4) is 0 Å². The average molecular weight is 476 g/mol. The summed E-state index contributed by atoms with van der Waals surface area (Å²) >= 11 is 0. The van der Waals surface area contributed by atoms with Crippen molar-refractivity contribution in [2.24, 2.45) is 5.92 Å². The number of esters is 1. The SMILES string of the molecule is CCCCCN1CCC(C(=O)C2CNCC3C(=O)OC(c4ccccc4)(c4ccccc4)N32)CC1. The van der Waals surface area contributed by atoms with E-state index >= 15 is 0 Å². The Bertz CT molecular complexity index is 965. The lowest BCUT2D eigenvalue weighted by molar-refractivity contribution is -0.153. The van der Waals surface area contributed by atoms with Crippen LogP contribution in [0, 0.1) is 5.92 Å². The molecule has 2 atom stereocenters. The first-order valence-electron chi connectivity index (χ1n) is 13.2. The summed E-state index contributed by atoms with van der Waals surface area (Å²) in [7, 11) is 0. The van der Waals surface area contributed by atoms with E-state index in [-0.39, 0.29) is 17.7 Å². The van der Waals surface area contributed by atoms with E-state index in [4.69, 9.17) is 4.74 Å². The number of benzene rings is 2. The number of cyclic esters (lactones) is 1. The van der Waals surface area contributed by atoms with Crippen LogP contribution in [-0.2, 0) is 20.1 Å². The molecule has 2 aromatic rings. The number of Topliss-reactive ketones (excluding diaryl/α,β-unsaturated/α-hetero) is 1. The van der Waals surface area contributed by atoms with Crippen molar-refractivity contribution in [1.29, 1.82) is 0 Å². The molecule has 3 aliphatic heterocycles. The van der Waals surface area contributed by atoms with Gasteiger partial charge in [-0.15, -0.1) is 0 Å². The first-order chi connectivity index (χ1) is 17.1. The fraction of sp³-hybridized carbons (Fsp3) is 0.517. The molecule has 3 fully saturated rings. The summed E-state index contributed by atoms with van der Waals surface area (Å²) < 4.78 is 6.29. The molecule has 2 aromatic carbocycles. The van der Waals surface area contributed by atoms with Crippen molar-refractivity contribution >= 4 is 11.8 Å². The normalized spacial score (nSPS) is 25.2. The molecule has 2 unspecified atom stereocenters. The van der Waals surface area contributed by atoms with E-state index in [1.165, 1.54) is 19.3 Å². The van der Waals surface area contributed by atoms with Gasteiger partial charge in [0.15, 0.2) is 5.78 Å². The van der Waals surface area contributed by atoms with Gasteiger partial charge >= 0.3 is 5.97 Å². The summed E-state index contributed by atoms with van der Waals surface area (Å²) in [5.74, 6) is -0.0127. The number of carbonyl (C=O) groups is 2. The van der Waals surface area contributed by atoms with E-state index in [1.54, 1.807) is 0 Å². The summed E-state index contributed by atoms with van der Waals surface area (Å²) in [5, 5.41) is 3.37. The standard InChI is InChI=1S/C29H37N3O3/c1-2-3-10-17-31-18-15-22(16-19-31)27(33)25-20-30-21-26-28(34)35-29(32(25)26,23-11-6-4-7-12-23)24-13-8-5-9-14-24/h4-9,11-14,22,25-26,30H,2-3,10,15-21H2,1H3. The van der Waals surface area contributed by atoms with Crippen molar-refractivity contribution in [2.75, 3.05) is 32.7 Å². The van der Waals surface area contributed by atoms with E-state index in [1.807, 2.05) is 60.7 Å². The zero-order chi connectivity index (χ0) is 24.3. The third-order valence-electron chi connectivity index (χ3n) is 7.96. The molecule has 35 heavy (non-hydrogen) atoms. The number of rotatable bonds is 8. The zero-order valence-electron chi connectivity index (χ0n) is 20.7. The van der Waals surface area contributed by atoms with Crippen LogP contribution in [0.5, 0.6) is 0 Å². The molecule has 3 aliphatic rings. The van der Waals surface area contributed by atoms with E-state index < -0.39 is 17.8 Å². The van der Waals surface area contributed by atoms with Gasteiger partial charge in [-0.05, 0) is 38.9 Å². The minimum absolute atomic E-state index is 0.0166. The molecule has 6 heteroatoms. The first-order valence-corrected chi connectivity index (χ1v) is 13.2. The molecule has 0 amide bonds. The molecular weight excluding hydrogens is 438 g/mol. The first kappa shape index (κ1) is 24.2. The molecule has 186 valence electrons. The van der Waals surface area contributed by atoms with Crippen molar-refractivity contribution < 1.29 is 14.3 Å². The van der Waals surface area contributed by atoms with Gasteiger partial charge in [0, 0.05) is 30.1 Å². The van der Waals surface area contributed by atoms with E-state index in [0.29, 0.717) is 13.1 Å². The van der Waals surface area contributed by atoms with Crippen molar-refractivity contribution in [3.05, 3.63) is 71.8 Å². The minimum atomic E-state index is -1.10. The van der Waals surface area contributed by atoms with Gasteiger partial charge in [0.05, 0.1) is 6.04 Å². The number of likely N-dealkylation sites (tertiary alicyclic amines) is 1. The fourth-order valence-corrected chi connectivity index (χ4v) is 6.12. The number of unbranched alkanes of at least 4 members (excludes halogenated alkanes) is 2. The Morgan fingerprint density at radius 2 is 1.60 bits per heavy atom. The van der Waals surface area contributed by atoms with E-state index in [0.717, 1.165) is 43.6 Å². The maximum absolute atomic E-state index is 14.1. The van der Waals surface area contributed by atoms with Crippen LogP contribution < -0.4 is 5.32 Å². The number of fused-ring (bicyclic) bond motifs is 1. The highest BCUT2D eigenvalue weighted by Gasteiger charge is 2.60. The van der Waals surface area contributed by atoms with Crippen LogP contribution in [0.2, 0.25) is 0 Å². The summed E-state index contributed by atoms with van der Waals surface area (Å²) in [6, 6.07) is 18.9. The van der Waals surface area contributed by atoms with Gasteiger partial charge in [-0.3, -0.25) is 9.59 Å². The van der Waals surface area contributed by atoms with Crippen molar-refractivity contribution in [1.82, 2.24) is 15.1 Å². The van der Waals surface area contributed by atoms with Gasteiger partial charge in [-0.2, -0.15) is 0 Å². The van der Waals surface area contributed by atoms with Gasteiger partial charge < -0.3 is 15.0 Å². The average Bonchev–Trinajstić information content (AvgIpc) is 3.23. The molecule has 5 rings (SSSR count).